The maximum atomic E-state index is 9.19. The molecule has 0 aliphatic carbocycles. The van der Waals surface area contributed by atoms with Crippen molar-refractivity contribution >= 4 is 10.9 Å². The van der Waals surface area contributed by atoms with Crippen LogP contribution in [0.5, 0.6) is 0 Å². The summed E-state index contributed by atoms with van der Waals surface area (Å²) in [5.41, 5.74) is 2.52. The zero-order chi connectivity index (χ0) is 14.2. The second-order valence-corrected chi connectivity index (χ2v) is 6.17. The molecule has 2 aromatic rings. The van der Waals surface area contributed by atoms with E-state index >= 15 is 0 Å². The van der Waals surface area contributed by atoms with Gasteiger partial charge in [0.05, 0.1) is 12.7 Å². The molecule has 0 saturated carbocycles. The highest BCUT2D eigenvalue weighted by atomic mass is 16.5. The molecule has 0 bridgehead atoms. The summed E-state index contributed by atoms with van der Waals surface area (Å²) in [5.74, 6) is 0. The molecule has 20 heavy (non-hydrogen) atoms. The fourth-order valence-corrected chi connectivity index (χ4v) is 2.93. The Morgan fingerprint density at radius 2 is 2.20 bits per heavy atom. The normalized spacial score (nSPS) is 20.9. The lowest BCUT2D eigenvalue weighted by Gasteiger charge is -2.34. The van der Waals surface area contributed by atoms with E-state index in [2.05, 4.69) is 48.1 Å². The van der Waals surface area contributed by atoms with Crippen LogP contribution in [0, 0.1) is 0 Å². The molecule has 4 heteroatoms. The van der Waals surface area contributed by atoms with Crippen molar-refractivity contribution in [3.63, 3.8) is 0 Å². The van der Waals surface area contributed by atoms with Gasteiger partial charge in [-0.3, -0.25) is 4.90 Å². The van der Waals surface area contributed by atoms with Gasteiger partial charge in [0.1, 0.15) is 6.73 Å². The van der Waals surface area contributed by atoms with Gasteiger partial charge in [-0.25, -0.2) is 0 Å². The number of ether oxygens (including phenoxy) is 1. The smallest absolute Gasteiger partial charge is 0.100 e. The van der Waals surface area contributed by atoms with Gasteiger partial charge in [0.2, 0.25) is 0 Å². The largest absolute Gasteiger partial charge is 0.394 e. The van der Waals surface area contributed by atoms with Gasteiger partial charge in [-0.2, -0.15) is 0 Å². The molecule has 1 aliphatic heterocycles. The van der Waals surface area contributed by atoms with Crippen molar-refractivity contribution in [3.8, 4) is 0 Å². The Bertz CT molecular complexity index is 591. The number of rotatable bonds is 4. The minimum Gasteiger partial charge on any atom is -0.394 e. The molecule has 1 aromatic heterocycles. The first-order chi connectivity index (χ1) is 9.60. The van der Waals surface area contributed by atoms with Crippen molar-refractivity contribution in [2.75, 3.05) is 19.9 Å². The zero-order valence-electron chi connectivity index (χ0n) is 12.1. The Balaban J connectivity index is 1.79. The van der Waals surface area contributed by atoms with E-state index in [9.17, 15) is 5.11 Å². The minimum absolute atomic E-state index is 0.00881. The number of aromatic nitrogens is 1. The number of H-pyrrole nitrogens is 1. The molecule has 0 spiro atoms. The number of aliphatic hydroxyl groups excluding tert-OH is 1. The summed E-state index contributed by atoms with van der Waals surface area (Å²) in [6.45, 7) is 5.96. The second kappa shape index (κ2) is 5.20. The molecule has 1 atom stereocenters. The van der Waals surface area contributed by atoms with Gasteiger partial charge in [-0.1, -0.05) is 18.2 Å². The van der Waals surface area contributed by atoms with Crippen molar-refractivity contribution in [1.82, 2.24) is 9.88 Å². The average Bonchev–Trinajstić information content (AvgIpc) is 3.06. The number of benzene rings is 1. The zero-order valence-corrected chi connectivity index (χ0v) is 12.1. The Kier molecular flexibility index (Phi) is 3.54. The van der Waals surface area contributed by atoms with Crippen LogP contribution in [-0.4, -0.2) is 46.5 Å². The molecular weight excluding hydrogens is 252 g/mol. The predicted molar refractivity (Wildman–Crippen MR) is 79.6 cm³/mol. The number of aromatic amines is 1. The van der Waals surface area contributed by atoms with Gasteiger partial charge in [-0.05, 0) is 31.9 Å². The van der Waals surface area contributed by atoms with Crippen LogP contribution in [-0.2, 0) is 11.2 Å². The molecule has 3 rings (SSSR count). The van der Waals surface area contributed by atoms with E-state index in [0.717, 1.165) is 13.0 Å². The average molecular weight is 274 g/mol. The van der Waals surface area contributed by atoms with E-state index in [1.807, 2.05) is 6.07 Å². The Morgan fingerprint density at radius 3 is 2.95 bits per heavy atom. The number of hydrogen-bond acceptors (Lipinski definition) is 3. The Labute approximate surface area is 119 Å². The summed E-state index contributed by atoms with van der Waals surface area (Å²) in [7, 11) is 0. The van der Waals surface area contributed by atoms with Crippen LogP contribution in [0.15, 0.2) is 30.5 Å². The van der Waals surface area contributed by atoms with Gasteiger partial charge in [0.15, 0.2) is 0 Å². The number of aliphatic hydroxyl groups is 1. The van der Waals surface area contributed by atoms with Crippen LogP contribution in [0.1, 0.15) is 19.4 Å². The standard InChI is InChI=1S/C16H22N2O2/c1-16(2,18-9-13(10-19)20-11-18)7-12-8-17-15-6-4-3-5-14(12)15/h3-6,8,13,17,19H,7,9-11H2,1-2H3/t13-/m0/s1. The van der Waals surface area contributed by atoms with E-state index < -0.39 is 0 Å². The highest BCUT2D eigenvalue weighted by molar-refractivity contribution is 5.83. The highest BCUT2D eigenvalue weighted by Gasteiger charge is 2.34. The summed E-state index contributed by atoms with van der Waals surface area (Å²) < 4.78 is 5.58. The monoisotopic (exact) mass is 274 g/mol. The summed E-state index contributed by atoms with van der Waals surface area (Å²) in [6, 6.07) is 8.39. The number of hydrogen-bond donors (Lipinski definition) is 2. The first-order valence-electron chi connectivity index (χ1n) is 7.12. The van der Waals surface area contributed by atoms with Crippen LogP contribution < -0.4 is 0 Å². The van der Waals surface area contributed by atoms with E-state index in [1.54, 1.807) is 0 Å². The molecule has 4 nitrogen and oxygen atoms in total. The maximum Gasteiger partial charge on any atom is 0.100 e. The van der Waals surface area contributed by atoms with Crippen molar-refractivity contribution in [1.29, 1.82) is 0 Å². The summed E-state index contributed by atoms with van der Waals surface area (Å²) in [4.78, 5) is 5.63. The van der Waals surface area contributed by atoms with E-state index in [-0.39, 0.29) is 18.2 Å². The van der Waals surface area contributed by atoms with E-state index in [0.29, 0.717) is 6.73 Å². The number of fused-ring (bicyclic) bond motifs is 1. The second-order valence-electron chi connectivity index (χ2n) is 6.17. The lowest BCUT2D eigenvalue weighted by atomic mass is 9.93. The molecule has 1 fully saturated rings. The van der Waals surface area contributed by atoms with Crippen LogP contribution in [0.25, 0.3) is 10.9 Å². The summed E-state index contributed by atoms with van der Waals surface area (Å²) >= 11 is 0. The Morgan fingerprint density at radius 1 is 1.40 bits per heavy atom. The predicted octanol–water partition coefficient (Wildman–Crippen LogP) is 2.14. The van der Waals surface area contributed by atoms with Gasteiger partial charge >= 0.3 is 0 Å². The summed E-state index contributed by atoms with van der Waals surface area (Å²) in [6.07, 6.45) is 3.02. The fourth-order valence-electron chi connectivity index (χ4n) is 2.93. The third kappa shape index (κ3) is 2.46. The number of nitrogens with one attached hydrogen (secondary N) is 1. The van der Waals surface area contributed by atoms with Crippen molar-refractivity contribution < 1.29 is 9.84 Å². The number of nitrogens with zero attached hydrogens (tertiary/aromatic N) is 1. The van der Waals surface area contributed by atoms with Crippen molar-refractivity contribution in [2.24, 2.45) is 0 Å². The molecule has 2 N–H and O–H groups in total. The quantitative estimate of drug-likeness (QED) is 0.898. The van der Waals surface area contributed by atoms with Crippen molar-refractivity contribution in [2.45, 2.75) is 31.9 Å². The lowest BCUT2D eigenvalue weighted by molar-refractivity contribution is 0.0350. The van der Waals surface area contributed by atoms with E-state index in [4.69, 9.17) is 4.74 Å². The topological polar surface area (TPSA) is 48.5 Å². The first-order valence-corrected chi connectivity index (χ1v) is 7.12. The minimum atomic E-state index is -0.0442. The maximum absolute atomic E-state index is 9.19. The van der Waals surface area contributed by atoms with Crippen LogP contribution in [0.4, 0.5) is 0 Å². The molecular formula is C16H22N2O2. The molecule has 2 heterocycles. The van der Waals surface area contributed by atoms with Gasteiger partial charge < -0.3 is 14.8 Å². The SMILES string of the molecule is CC(C)(Cc1c[nH]c2ccccc12)N1CO[C@H](CO)C1. The molecule has 1 aliphatic rings. The molecule has 108 valence electrons. The van der Waals surface area contributed by atoms with Gasteiger partial charge in [0, 0.05) is 29.2 Å². The molecule has 0 unspecified atom stereocenters. The van der Waals surface area contributed by atoms with Crippen LogP contribution in [0.3, 0.4) is 0 Å². The Hall–Kier alpha value is -1.36. The third-order valence-electron chi connectivity index (χ3n) is 4.25. The lowest BCUT2D eigenvalue weighted by Crippen LogP contribution is -2.44. The first kappa shape index (κ1) is 13.6. The molecule has 1 aromatic carbocycles. The molecule has 0 radical (unpaired) electrons. The number of para-hydroxylation sites is 1. The molecule has 1 saturated heterocycles. The van der Waals surface area contributed by atoms with Crippen molar-refractivity contribution in [3.05, 3.63) is 36.0 Å². The summed E-state index contributed by atoms with van der Waals surface area (Å²) in [5, 5.41) is 10.5. The van der Waals surface area contributed by atoms with E-state index in [1.165, 1.54) is 16.5 Å². The van der Waals surface area contributed by atoms with Gasteiger partial charge in [-0.15, -0.1) is 0 Å². The van der Waals surface area contributed by atoms with Crippen LogP contribution in [0.2, 0.25) is 0 Å². The molecule has 0 amide bonds. The van der Waals surface area contributed by atoms with Gasteiger partial charge in [0.25, 0.3) is 0 Å². The fraction of sp³-hybridized carbons (Fsp3) is 0.500. The van der Waals surface area contributed by atoms with Crippen LogP contribution >= 0.6 is 0 Å². The third-order valence-corrected chi connectivity index (χ3v) is 4.25. The highest BCUT2D eigenvalue weighted by Crippen LogP contribution is 2.28.